The molecule has 4 heteroatoms. The van der Waals surface area contributed by atoms with E-state index in [0.717, 1.165) is 42.8 Å². The van der Waals surface area contributed by atoms with Gasteiger partial charge in [-0.2, -0.15) is 5.26 Å². The van der Waals surface area contributed by atoms with Crippen molar-refractivity contribution in [3.05, 3.63) is 27.7 Å². The molecule has 17 heavy (non-hydrogen) atoms. The second-order valence-electron chi connectivity index (χ2n) is 4.09. The molecule has 0 saturated carbocycles. The first-order valence-corrected chi connectivity index (χ1v) is 6.62. The minimum atomic E-state index is 0.611. The Morgan fingerprint density at radius 3 is 3.18 bits per heavy atom. The summed E-state index contributed by atoms with van der Waals surface area (Å²) in [4.78, 5) is 0. The van der Waals surface area contributed by atoms with Crippen molar-refractivity contribution >= 4 is 15.9 Å². The molecule has 1 aromatic rings. The average molecular weight is 295 g/mol. The van der Waals surface area contributed by atoms with Crippen LogP contribution in [0.5, 0.6) is 5.75 Å². The number of nitrogens with one attached hydrogen (secondary N) is 1. The highest BCUT2D eigenvalue weighted by Crippen LogP contribution is 2.32. The Bertz CT molecular complexity index is 440. The number of ether oxygens (including phenoxy) is 1. The molecule has 1 aliphatic rings. The zero-order valence-electron chi connectivity index (χ0n) is 9.63. The molecule has 0 aliphatic carbocycles. The van der Waals surface area contributed by atoms with Gasteiger partial charge in [-0.3, -0.25) is 0 Å². The number of nitrogens with zero attached hydrogens (tertiary/aromatic N) is 1. The molecule has 0 bridgehead atoms. The summed E-state index contributed by atoms with van der Waals surface area (Å²) in [5.41, 5.74) is 2.48. The number of rotatable bonds is 5. The summed E-state index contributed by atoms with van der Waals surface area (Å²) in [6.45, 7) is 2.45. The van der Waals surface area contributed by atoms with Gasteiger partial charge in [-0.1, -0.05) is 15.9 Å². The van der Waals surface area contributed by atoms with Gasteiger partial charge < -0.3 is 10.1 Å². The Hall–Kier alpha value is -1.05. The lowest BCUT2D eigenvalue weighted by Crippen LogP contribution is -2.15. The molecular weight excluding hydrogens is 280 g/mol. The van der Waals surface area contributed by atoms with Crippen LogP contribution >= 0.6 is 15.9 Å². The lowest BCUT2D eigenvalue weighted by atomic mass is 10.1. The van der Waals surface area contributed by atoms with Crippen molar-refractivity contribution in [2.24, 2.45) is 0 Å². The molecule has 0 saturated heterocycles. The molecule has 0 amide bonds. The third-order valence-electron chi connectivity index (χ3n) is 2.78. The van der Waals surface area contributed by atoms with Crippen molar-refractivity contribution in [2.45, 2.75) is 25.8 Å². The normalized spacial score (nSPS) is 12.9. The zero-order valence-corrected chi connectivity index (χ0v) is 11.2. The quantitative estimate of drug-likeness (QED) is 0.850. The van der Waals surface area contributed by atoms with Gasteiger partial charge >= 0.3 is 0 Å². The first-order chi connectivity index (χ1) is 8.31. The second-order valence-corrected chi connectivity index (χ2v) is 5.01. The van der Waals surface area contributed by atoms with Crippen LogP contribution in [0.2, 0.25) is 0 Å². The van der Waals surface area contributed by atoms with Crippen molar-refractivity contribution in [1.29, 1.82) is 5.26 Å². The minimum absolute atomic E-state index is 0.611. The third-order valence-corrected chi connectivity index (χ3v) is 3.24. The van der Waals surface area contributed by atoms with Crippen LogP contribution < -0.4 is 10.1 Å². The molecule has 3 nitrogen and oxygen atoms in total. The first kappa shape index (κ1) is 12.4. The van der Waals surface area contributed by atoms with E-state index in [1.807, 2.05) is 0 Å². The molecule has 0 atom stereocenters. The van der Waals surface area contributed by atoms with Crippen LogP contribution in [0.3, 0.4) is 0 Å². The molecular formula is C13H15BrN2O. The molecule has 0 radical (unpaired) electrons. The maximum Gasteiger partial charge on any atom is 0.127 e. The Morgan fingerprint density at radius 2 is 2.35 bits per heavy atom. The maximum atomic E-state index is 8.44. The Balaban J connectivity index is 1.94. The van der Waals surface area contributed by atoms with Gasteiger partial charge in [0.05, 0.1) is 12.7 Å². The van der Waals surface area contributed by atoms with Crippen molar-refractivity contribution in [2.75, 3.05) is 13.2 Å². The van der Waals surface area contributed by atoms with Gasteiger partial charge in [-0.25, -0.2) is 0 Å². The number of benzene rings is 1. The highest BCUT2D eigenvalue weighted by atomic mass is 79.9. The van der Waals surface area contributed by atoms with E-state index < -0.39 is 0 Å². The van der Waals surface area contributed by atoms with E-state index in [-0.39, 0.29) is 0 Å². The zero-order chi connectivity index (χ0) is 12.1. The highest BCUT2D eigenvalue weighted by molar-refractivity contribution is 9.10. The van der Waals surface area contributed by atoms with Gasteiger partial charge in [0.15, 0.2) is 0 Å². The predicted molar refractivity (Wildman–Crippen MR) is 69.9 cm³/mol. The van der Waals surface area contributed by atoms with Crippen molar-refractivity contribution < 1.29 is 4.74 Å². The second kappa shape index (κ2) is 6.04. The number of nitriles is 1. The lowest BCUT2D eigenvalue weighted by molar-refractivity contribution is 0.352. The van der Waals surface area contributed by atoms with Crippen LogP contribution in [-0.2, 0) is 13.0 Å². The van der Waals surface area contributed by atoms with Crippen LogP contribution in [0.15, 0.2) is 16.6 Å². The number of halogens is 1. The summed E-state index contributed by atoms with van der Waals surface area (Å²) in [7, 11) is 0. The van der Waals surface area contributed by atoms with Crippen molar-refractivity contribution in [3.8, 4) is 11.8 Å². The van der Waals surface area contributed by atoms with E-state index >= 15 is 0 Å². The summed E-state index contributed by atoms with van der Waals surface area (Å²) in [5, 5.41) is 11.8. The molecule has 1 aliphatic heterocycles. The van der Waals surface area contributed by atoms with E-state index in [0.29, 0.717) is 6.42 Å². The summed E-state index contributed by atoms with van der Waals surface area (Å²) < 4.78 is 6.76. The van der Waals surface area contributed by atoms with Gasteiger partial charge in [-0.05, 0) is 30.7 Å². The van der Waals surface area contributed by atoms with Crippen LogP contribution in [-0.4, -0.2) is 13.2 Å². The van der Waals surface area contributed by atoms with E-state index in [9.17, 15) is 0 Å². The maximum absolute atomic E-state index is 8.44. The number of hydrogen-bond donors (Lipinski definition) is 1. The van der Waals surface area contributed by atoms with Gasteiger partial charge in [0, 0.05) is 29.4 Å². The fourth-order valence-corrected chi connectivity index (χ4v) is 2.55. The van der Waals surface area contributed by atoms with Crippen LogP contribution in [0, 0.1) is 11.3 Å². The standard InChI is InChI=1S/C13H15BrN2O/c14-12-7-10-3-6-17-13(10)11(8-12)9-16-5-2-1-4-15/h7-8,16H,1-3,5-6,9H2. The van der Waals surface area contributed by atoms with Crippen LogP contribution in [0.1, 0.15) is 24.0 Å². The molecule has 1 aromatic carbocycles. The lowest BCUT2D eigenvalue weighted by Gasteiger charge is -2.09. The van der Waals surface area contributed by atoms with Crippen LogP contribution in [0.4, 0.5) is 0 Å². The molecule has 90 valence electrons. The van der Waals surface area contributed by atoms with Gasteiger partial charge in [0.1, 0.15) is 5.75 Å². The van der Waals surface area contributed by atoms with E-state index in [1.165, 1.54) is 11.1 Å². The first-order valence-electron chi connectivity index (χ1n) is 5.83. The van der Waals surface area contributed by atoms with Gasteiger partial charge in [0.25, 0.3) is 0 Å². The highest BCUT2D eigenvalue weighted by Gasteiger charge is 2.16. The summed E-state index contributed by atoms with van der Waals surface area (Å²) >= 11 is 3.52. The Kier molecular flexibility index (Phi) is 4.41. The molecule has 0 unspecified atom stereocenters. The summed E-state index contributed by atoms with van der Waals surface area (Å²) in [5.74, 6) is 1.04. The van der Waals surface area contributed by atoms with Gasteiger partial charge in [-0.15, -0.1) is 0 Å². The SMILES string of the molecule is N#CCCCNCc1cc(Br)cc2c1OCC2. The van der Waals surface area contributed by atoms with Crippen LogP contribution in [0.25, 0.3) is 0 Å². The number of unbranched alkanes of at least 4 members (excludes halogenated alkanes) is 1. The molecule has 0 spiro atoms. The largest absolute Gasteiger partial charge is 0.493 e. The summed E-state index contributed by atoms with van der Waals surface area (Å²) in [6, 6.07) is 6.37. The molecule has 1 N–H and O–H groups in total. The fraction of sp³-hybridized carbons (Fsp3) is 0.462. The Labute approximate surface area is 110 Å². The molecule has 0 fully saturated rings. The van der Waals surface area contributed by atoms with Crippen molar-refractivity contribution in [1.82, 2.24) is 5.32 Å². The monoisotopic (exact) mass is 294 g/mol. The van der Waals surface area contributed by atoms with Crippen molar-refractivity contribution in [3.63, 3.8) is 0 Å². The third kappa shape index (κ3) is 3.21. The smallest absolute Gasteiger partial charge is 0.127 e. The van der Waals surface area contributed by atoms with Gasteiger partial charge in [0.2, 0.25) is 0 Å². The number of hydrogen-bond acceptors (Lipinski definition) is 3. The van der Waals surface area contributed by atoms with E-state index in [4.69, 9.17) is 10.00 Å². The Morgan fingerprint density at radius 1 is 1.47 bits per heavy atom. The number of fused-ring (bicyclic) bond motifs is 1. The topological polar surface area (TPSA) is 45.0 Å². The molecule has 2 rings (SSSR count). The van der Waals surface area contributed by atoms with E-state index in [2.05, 4.69) is 39.4 Å². The fourth-order valence-electron chi connectivity index (χ4n) is 1.99. The summed E-state index contributed by atoms with van der Waals surface area (Å²) in [6.07, 6.45) is 2.50. The molecule has 0 aromatic heterocycles. The van der Waals surface area contributed by atoms with E-state index in [1.54, 1.807) is 0 Å². The predicted octanol–water partition coefficient (Wildman–Crippen LogP) is 2.78. The minimum Gasteiger partial charge on any atom is -0.493 e. The molecule has 1 heterocycles. The average Bonchev–Trinajstić information content (AvgIpc) is 2.76.